The van der Waals surface area contributed by atoms with Crippen LogP contribution in [0.15, 0.2) is 41.8 Å². The monoisotopic (exact) mass is 324 g/mol. The molecule has 0 atom stereocenters. The predicted octanol–water partition coefficient (Wildman–Crippen LogP) is 2.61. The number of urea groups is 1. The molecule has 2 aromatic rings. The summed E-state index contributed by atoms with van der Waals surface area (Å²) in [7, 11) is -3.09. The Labute approximate surface area is 127 Å². The van der Waals surface area contributed by atoms with Crippen molar-refractivity contribution in [3.05, 3.63) is 52.2 Å². The Bertz CT molecular complexity index is 710. The molecule has 1 aromatic heterocycles. The summed E-state index contributed by atoms with van der Waals surface area (Å²) in [5, 5.41) is 7.38. The lowest BCUT2D eigenvalue weighted by atomic mass is 10.2. The van der Waals surface area contributed by atoms with Gasteiger partial charge in [-0.05, 0) is 29.1 Å². The second kappa shape index (κ2) is 6.73. The van der Waals surface area contributed by atoms with E-state index in [1.165, 1.54) is 6.26 Å². The van der Waals surface area contributed by atoms with Crippen molar-refractivity contribution in [1.82, 2.24) is 5.32 Å². The van der Waals surface area contributed by atoms with Crippen LogP contribution < -0.4 is 10.6 Å². The minimum atomic E-state index is -3.09. The van der Waals surface area contributed by atoms with Gasteiger partial charge in [-0.3, -0.25) is 0 Å². The van der Waals surface area contributed by atoms with Gasteiger partial charge in [-0.15, -0.1) is 11.3 Å². The van der Waals surface area contributed by atoms with E-state index < -0.39 is 9.84 Å². The summed E-state index contributed by atoms with van der Waals surface area (Å²) >= 11 is 1.57. The Hall–Kier alpha value is -1.86. The van der Waals surface area contributed by atoms with Gasteiger partial charge >= 0.3 is 6.03 Å². The second-order valence-corrected chi connectivity index (χ2v) is 7.83. The highest BCUT2D eigenvalue weighted by Gasteiger charge is 2.07. The number of sulfone groups is 1. The summed E-state index contributed by atoms with van der Waals surface area (Å²) in [6, 6.07) is 10.4. The molecule has 112 valence electrons. The van der Waals surface area contributed by atoms with Crippen LogP contribution >= 0.6 is 11.3 Å². The second-order valence-electron chi connectivity index (χ2n) is 4.66. The van der Waals surface area contributed by atoms with Gasteiger partial charge in [0, 0.05) is 16.8 Å². The molecule has 21 heavy (non-hydrogen) atoms. The minimum Gasteiger partial charge on any atom is -0.333 e. The van der Waals surface area contributed by atoms with Crippen LogP contribution in [0, 0.1) is 0 Å². The van der Waals surface area contributed by atoms with E-state index in [-0.39, 0.29) is 11.8 Å². The van der Waals surface area contributed by atoms with E-state index in [2.05, 4.69) is 10.6 Å². The fraction of sp³-hybridized carbons (Fsp3) is 0.214. The van der Waals surface area contributed by atoms with Crippen molar-refractivity contribution < 1.29 is 13.2 Å². The van der Waals surface area contributed by atoms with Gasteiger partial charge in [-0.25, -0.2) is 13.2 Å². The molecule has 0 bridgehead atoms. The summed E-state index contributed by atoms with van der Waals surface area (Å²) in [4.78, 5) is 12.8. The largest absolute Gasteiger partial charge is 0.333 e. The Balaban J connectivity index is 1.93. The number of hydrogen-bond acceptors (Lipinski definition) is 4. The van der Waals surface area contributed by atoms with E-state index in [1.807, 2.05) is 17.5 Å². The maximum absolute atomic E-state index is 11.8. The van der Waals surface area contributed by atoms with Crippen molar-refractivity contribution in [1.29, 1.82) is 0 Å². The topological polar surface area (TPSA) is 75.3 Å². The molecular formula is C14H16N2O3S2. The van der Waals surface area contributed by atoms with E-state index in [4.69, 9.17) is 0 Å². The maximum atomic E-state index is 11.8. The van der Waals surface area contributed by atoms with Crippen molar-refractivity contribution >= 4 is 32.9 Å². The molecule has 0 saturated carbocycles. The zero-order valence-electron chi connectivity index (χ0n) is 11.5. The number of carbonyl (C=O) groups is 1. The van der Waals surface area contributed by atoms with Gasteiger partial charge in [0.2, 0.25) is 0 Å². The summed E-state index contributed by atoms with van der Waals surface area (Å²) in [6.07, 6.45) is 1.18. The predicted molar refractivity (Wildman–Crippen MR) is 85.2 cm³/mol. The molecule has 1 aromatic carbocycles. The zero-order chi connectivity index (χ0) is 15.3. The molecule has 0 aliphatic heterocycles. The highest BCUT2D eigenvalue weighted by atomic mass is 32.2. The van der Waals surface area contributed by atoms with Crippen LogP contribution in [-0.4, -0.2) is 20.7 Å². The van der Waals surface area contributed by atoms with Crippen molar-refractivity contribution in [2.75, 3.05) is 11.6 Å². The third kappa shape index (κ3) is 5.57. The third-order valence-electron chi connectivity index (χ3n) is 2.62. The third-order valence-corrected chi connectivity index (χ3v) is 4.35. The molecule has 0 spiro atoms. The van der Waals surface area contributed by atoms with E-state index in [1.54, 1.807) is 35.6 Å². The molecule has 2 rings (SSSR count). The van der Waals surface area contributed by atoms with Gasteiger partial charge in [0.05, 0.1) is 12.3 Å². The van der Waals surface area contributed by atoms with Crippen LogP contribution in [0.3, 0.4) is 0 Å². The average Bonchev–Trinajstić information content (AvgIpc) is 2.87. The number of amides is 2. The number of rotatable bonds is 5. The number of hydrogen-bond donors (Lipinski definition) is 2. The standard InChI is InChI=1S/C14H16N2O3S2/c1-21(18,19)10-11-4-2-5-12(8-11)16-14(17)15-9-13-6-3-7-20-13/h2-8H,9-10H2,1H3,(H2,15,16,17). The summed E-state index contributed by atoms with van der Waals surface area (Å²) in [5.74, 6) is -0.0423. The van der Waals surface area contributed by atoms with Crippen molar-refractivity contribution in [3.8, 4) is 0 Å². The molecule has 7 heteroatoms. The number of anilines is 1. The Morgan fingerprint density at radius 1 is 1.24 bits per heavy atom. The first-order valence-corrected chi connectivity index (χ1v) is 9.20. The van der Waals surface area contributed by atoms with E-state index in [0.29, 0.717) is 17.8 Å². The molecule has 5 nitrogen and oxygen atoms in total. The SMILES string of the molecule is CS(=O)(=O)Cc1cccc(NC(=O)NCc2cccs2)c1. The molecule has 0 unspecified atom stereocenters. The zero-order valence-corrected chi connectivity index (χ0v) is 13.1. The summed E-state index contributed by atoms with van der Waals surface area (Å²) < 4.78 is 22.5. The van der Waals surface area contributed by atoms with Crippen LogP contribution in [0.2, 0.25) is 0 Å². The first-order chi connectivity index (χ1) is 9.92. The van der Waals surface area contributed by atoms with Gasteiger partial charge in [-0.2, -0.15) is 0 Å². The molecule has 0 radical (unpaired) electrons. The number of carbonyl (C=O) groups excluding carboxylic acids is 1. The molecule has 2 amide bonds. The first kappa shape index (κ1) is 15.5. The fourth-order valence-electron chi connectivity index (χ4n) is 1.80. The molecule has 0 saturated heterocycles. The molecule has 0 aliphatic carbocycles. The molecule has 0 fully saturated rings. The normalized spacial score (nSPS) is 11.1. The van der Waals surface area contributed by atoms with Crippen LogP contribution in [0.4, 0.5) is 10.5 Å². The lowest BCUT2D eigenvalue weighted by Crippen LogP contribution is -2.27. The highest BCUT2D eigenvalue weighted by Crippen LogP contribution is 2.13. The van der Waals surface area contributed by atoms with E-state index in [9.17, 15) is 13.2 Å². The number of benzene rings is 1. The highest BCUT2D eigenvalue weighted by molar-refractivity contribution is 7.89. The smallest absolute Gasteiger partial charge is 0.319 e. The summed E-state index contributed by atoms with van der Waals surface area (Å²) in [6.45, 7) is 0.465. The molecule has 1 heterocycles. The van der Waals surface area contributed by atoms with Crippen LogP contribution in [0.25, 0.3) is 0 Å². The van der Waals surface area contributed by atoms with E-state index >= 15 is 0 Å². The lowest BCUT2D eigenvalue weighted by Gasteiger charge is -2.08. The van der Waals surface area contributed by atoms with Crippen molar-refractivity contribution in [2.24, 2.45) is 0 Å². The van der Waals surface area contributed by atoms with Crippen LogP contribution in [-0.2, 0) is 22.1 Å². The van der Waals surface area contributed by atoms with Gasteiger partial charge in [-0.1, -0.05) is 18.2 Å². The van der Waals surface area contributed by atoms with Gasteiger partial charge in [0.1, 0.15) is 0 Å². The van der Waals surface area contributed by atoms with Crippen LogP contribution in [0.5, 0.6) is 0 Å². The minimum absolute atomic E-state index is 0.0423. The molecule has 0 aliphatic rings. The molecule has 2 N–H and O–H groups in total. The quantitative estimate of drug-likeness (QED) is 0.888. The maximum Gasteiger partial charge on any atom is 0.319 e. The lowest BCUT2D eigenvalue weighted by molar-refractivity contribution is 0.252. The first-order valence-electron chi connectivity index (χ1n) is 6.26. The van der Waals surface area contributed by atoms with E-state index in [0.717, 1.165) is 4.88 Å². The average molecular weight is 324 g/mol. The van der Waals surface area contributed by atoms with Crippen molar-refractivity contribution in [3.63, 3.8) is 0 Å². The number of thiophene rings is 1. The van der Waals surface area contributed by atoms with Gasteiger partial charge in [0.15, 0.2) is 9.84 Å². The van der Waals surface area contributed by atoms with Gasteiger partial charge in [0.25, 0.3) is 0 Å². The summed E-state index contributed by atoms with van der Waals surface area (Å²) in [5.41, 5.74) is 1.22. The fourth-order valence-corrected chi connectivity index (χ4v) is 3.23. The molecular weight excluding hydrogens is 308 g/mol. The number of nitrogens with one attached hydrogen (secondary N) is 2. The Kier molecular flexibility index (Phi) is 4.98. The Morgan fingerprint density at radius 3 is 2.71 bits per heavy atom. The van der Waals surface area contributed by atoms with Gasteiger partial charge < -0.3 is 10.6 Å². The van der Waals surface area contributed by atoms with Crippen molar-refractivity contribution in [2.45, 2.75) is 12.3 Å². The Morgan fingerprint density at radius 2 is 2.05 bits per heavy atom. The van der Waals surface area contributed by atoms with Crippen LogP contribution in [0.1, 0.15) is 10.4 Å².